The summed E-state index contributed by atoms with van der Waals surface area (Å²) >= 11 is 5.92. The topological polar surface area (TPSA) is 76.1 Å². The lowest BCUT2D eigenvalue weighted by Gasteiger charge is -2.19. The molecule has 0 bridgehead atoms. The van der Waals surface area contributed by atoms with Crippen molar-refractivity contribution in [3.63, 3.8) is 0 Å². The molecule has 1 aliphatic rings. The number of amides is 1. The van der Waals surface area contributed by atoms with Crippen molar-refractivity contribution in [2.45, 2.75) is 12.1 Å². The number of carbonyl (C=O) groups is 2. The Labute approximate surface area is 137 Å². The summed E-state index contributed by atoms with van der Waals surface area (Å²) in [5, 5.41) is 9.24. The van der Waals surface area contributed by atoms with Crippen LogP contribution in [0.4, 0.5) is 4.39 Å². The molecule has 1 saturated heterocycles. The predicted molar refractivity (Wildman–Crippen MR) is 80.8 cm³/mol. The van der Waals surface area contributed by atoms with Crippen molar-refractivity contribution in [2.75, 3.05) is 33.4 Å². The van der Waals surface area contributed by atoms with Gasteiger partial charge in [0.05, 0.1) is 18.7 Å². The summed E-state index contributed by atoms with van der Waals surface area (Å²) in [5.41, 5.74) is -2.24. The van der Waals surface area contributed by atoms with Crippen molar-refractivity contribution in [3.05, 3.63) is 28.8 Å². The zero-order valence-electron chi connectivity index (χ0n) is 12.6. The number of hydrogen-bond donors (Lipinski definition) is 1. The average molecular weight is 346 g/mol. The van der Waals surface area contributed by atoms with Gasteiger partial charge in [-0.1, -0.05) is 11.6 Å². The fourth-order valence-corrected chi connectivity index (χ4v) is 2.49. The molecule has 1 amide bonds. The first kappa shape index (κ1) is 17.5. The lowest BCUT2D eigenvalue weighted by molar-refractivity contribution is -0.149. The molecule has 1 heterocycles. The van der Waals surface area contributed by atoms with E-state index in [0.717, 1.165) is 4.90 Å². The first-order chi connectivity index (χ1) is 10.9. The molecule has 1 fully saturated rings. The number of carbonyl (C=O) groups excluding carboxylic acids is 1. The minimum Gasteiger partial charge on any atom is -0.490 e. The van der Waals surface area contributed by atoms with Gasteiger partial charge in [-0.2, -0.15) is 0 Å². The van der Waals surface area contributed by atoms with Crippen molar-refractivity contribution in [1.82, 2.24) is 4.90 Å². The maximum absolute atomic E-state index is 14.1. The highest BCUT2D eigenvalue weighted by Gasteiger charge is 2.47. The Hall–Kier alpha value is -1.86. The molecule has 8 heteroatoms. The van der Waals surface area contributed by atoms with E-state index < -0.39 is 24.1 Å². The van der Waals surface area contributed by atoms with Gasteiger partial charge in [0.1, 0.15) is 12.4 Å². The van der Waals surface area contributed by atoms with E-state index in [1.54, 1.807) is 12.1 Å². The van der Waals surface area contributed by atoms with Gasteiger partial charge >= 0.3 is 5.97 Å². The number of rotatable bonds is 6. The Balaban J connectivity index is 2.18. The molecule has 0 saturated carbocycles. The average Bonchev–Trinajstić information content (AvgIpc) is 2.92. The van der Waals surface area contributed by atoms with Crippen LogP contribution >= 0.6 is 11.6 Å². The summed E-state index contributed by atoms with van der Waals surface area (Å²) in [7, 11) is 1.52. The molecule has 1 aromatic carbocycles. The molecule has 0 aromatic heterocycles. The molecule has 1 N–H and O–H groups in total. The molecular weight excluding hydrogens is 329 g/mol. The Bertz CT molecular complexity index is 612. The number of carboxylic acid groups (broad SMARTS) is 1. The van der Waals surface area contributed by atoms with Gasteiger partial charge in [0.2, 0.25) is 5.67 Å². The molecule has 23 heavy (non-hydrogen) atoms. The van der Waals surface area contributed by atoms with Crippen molar-refractivity contribution in [1.29, 1.82) is 0 Å². The fourth-order valence-electron chi connectivity index (χ4n) is 2.32. The number of hydrogen-bond acceptors (Lipinski definition) is 4. The minimum absolute atomic E-state index is 0.0195. The first-order valence-electron chi connectivity index (χ1n) is 7.00. The van der Waals surface area contributed by atoms with Gasteiger partial charge in [0.15, 0.2) is 0 Å². The Morgan fingerprint density at radius 3 is 2.78 bits per heavy atom. The molecule has 126 valence electrons. The van der Waals surface area contributed by atoms with Crippen molar-refractivity contribution < 1.29 is 28.6 Å². The van der Waals surface area contributed by atoms with E-state index in [1.807, 2.05) is 0 Å². The maximum Gasteiger partial charge on any atom is 0.343 e. The van der Waals surface area contributed by atoms with Crippen LogP contribution < -0.4 is 4.74 Å². The van der Waals surface area contributed by atoms with E-state index in [1.165, 1.54) is 13.2 Å². The van der Waals surface area contributed by atoms with E-state index >= 15 is 0 Å². The van der Waals surface area contributed by atoms with E-state index in [-0.39, 0.29) is 25.1 Å². The van der Waals surface area contributed by atoms with E-state index in [2.05, 4.69) is 0 Å². The molecule has 1 aliphatic heterocycles. The summed E-state index contributed by atoms with van der Waals surface area (Å²) in [6.07, 6.45) is -0.242. The summed E-state index contributed by atoms with van der Waals surface area (Å²) in [6.45, 7) is 0.101. The van der Waals surface area contributed by atoms with E-state index in [9.17, 15) is 14.0 Å². The molecule has 2 rings (SSSR count). The molecule has 0 aliphatic carbocycles. The predicted octanol–water partition coefficient (Wildman–Crippen LogP) is 2.00. The zero-order chi connectivity index (χ0) is 17.0. The zero-order valence-corrected chi connectivity index (χ0v) is 13.3. The largest absolute Gasteiger partial charge is 0.490 e. The second-order valence-electron chi connectivity index (χ2n) is 5.23. The quantitative estimate of drug-likeness (QED) is 0.798. The second-order valence-corrected chi connectivity index (χ2v) is 5.67. The highest BCUT2D eigenvalue weighted by molar-refractivity contribution is 6.31. The number of ether oxygens (including phenoxy) is 2. The van der Waals surface area contributed by atoms with Gasteiger partial charge in [0, 0.05) is 25.1 Å². The van der Waals surface area contributed by atoms with Gasteiger partial charge in [-0.15, -0.1) is 0 Å². The molecule has 0 radical (unpaired) electrons. The number of benzene rings is 1. The van der Waals surface area contributed by atoms with Gasteiger partial charge in [-0.25, -0.2) is 9.18 Å². The third kappa shape index (κ3) is 3.92. The SMILES string of the molecule is COCCOc1ccc(Cl)cc1C(=O)N1CCC(F)(C(=O)O)C1. The number of nitrogens with zero attached hydrogens (tertiary/aromatic N) is 1. The first-order valence-corrected chi connectivity index (χ1v) is 7.38. The van der Waals surface area contributed by atoms with Crippen LogP contribution in [-0.2, 0) is 9.53 Å². The molecule has 1 unspecified atom stereocenters. The van der Waals surface area contributed by atoms with Gasteiger partial charge in [-0.05, 0) is 18.2 Å². The standard InChI is InChI=1S/C15H17ClFNO5/c1-22-6-7-23-12-3-2-10(16)8-11(12)13(19)18-5-4-15(17,9-18)14(20)21/h2-3,8H,4-7,9H2,1H3,(H,20,21). The van der Waals surface area contributed by atoms with Crippen LogP contribution in [0, 0.1) is 0 Å². The summed E-state index contributed by atoms with van der Waals surface area (Å²) in [5.74, 6) is -1.78. The molecule has 6 nitrogen and oxygen atoms in total. The van der Waals surface area contributed by atoms with E-state index in [4.69, 9.17) is 26.2 Å². The van der Waals surface area contributed by atoms with Crippen LogP contribution in [0.5, 0.6) is 5.75 Å². The fraction of sp³-hybridized carbons (Fsp3) is 0.467. The molecule has 1 aromatic rings. The molecular formula is C15H17ClFNO5. The monoisotopic (exact) mass is 345 g/mol. The lowest BCUT2D eigenvalue weighted by atomic mass is 10.1. The van der Waals surface area contributed by atoms with Gasteiger partial charge < -0.3 is 19.5 Å². The summed E-state index contributed by atoms with van der Waals surface area (Å²) in [4.78, 5) is 24.7. The van der Waals surface area contributed by atoms with Crippen LogP contribution in [0.3, 0.4) is 0 Å². The van der Waals surface area contributed by atoms with Crippen LogP contribution in [0.25, 0.3) is 0 Å². The number of aliphatic carboxylic acids is 1. The molecule has 0 spiro atoms. The lowest BCUT2D eigenvalue weighted by Crippen LogP contribution is -2.39. The third-order valence-electron chi connectivity index (χ3n) is 3.61. The Kier molecular flexibility index (Phi) is 5.43. The number of carboxylic acids is 1. The van der Waals surface area contributed by atoms with Crippen LogP contribution in [0.1, 0.15) is 16.8 Å². The smallest absolute Gasteiger partial charge is 0.343 e. The number of alkyl halides is 1. The van der Waals surface area contributed by atoms with Crippen LogP contribution in [0.2, 0.25) is 5.02 Å². The second kappa shape index (κ2) is 7.14. The normalized spacial score (nSPS) is 20.6. The van der Waals surface area contributed by atoms with Gasteiger partial charge in [-0.3, -0.25) is 4.79 Å². The van der Waals surface area contributed by atoms with E-state index in [0.29, 0.717) is 17.4 Å². The van der Waals surface area contributed by atoms with Gasteiger partial charge in [0.25, 0.3) is 5.91 Å². The Morgan fingerprint density at radius 2 is 2.17 bits per heavy atom. The van der Waals surface area contributed by atoms with Crippen molar-refractivity contribution in [2.24, 2.45) is 0 Å². The number of methoxy groups -OCH3 is 1. The minimum atomic E-state index is -2.41. The number of likely N-dealkylation sites (tertiary alicyclic amines) is 1. The van der Waals surface area contributed by atoms with Crippen LogP contribution in [0.15, 0.2) is 18.2 Å². The summed E-state index contributed by atoms with van der Waals surface area (Å²) in [6, 6.07) is 4.54. The maximum atomic E-state index is 14.1. The molecule has 1 atom stereocenters. The van der Waals surface area contributed by atoms with Crippen molar-refractivity contribution >= 4 is 23.5 Å². The third-order valence-corrected chi connectivity index (χ3v) is 3.84. The van der Waals surface area contributed by atoms with Crippen LogP contribution in [-0.4, -0.2) is 61.0 Å². The highest BCUT2D eigenvalue weighted by Crippen LogP contribution is 2.30. The number of halogens is 2. The highest BCUT2D eigenvalue weighted by atomic mass is 35.5. The summed E-state index contributed by atoms with van der Waals surface area (Å²) < 4.78 is 24.5. The van der Waals surface area contributed by atoms with Crippen molar-refractivity contribution in [3.8, 4) is 5.75 Å². The Morgan fingerprint density at radius 1 is 1.43 bits per heavy atom.